The van der Waals surface area contributed by atoms with E-state index in [1.54, 1.807) is 0 Å². The first kappa shape index (κ1) is 14.2. The van der Waals surface area contributed by atoms with Crippen molar-refractivity contribution in [2.24, 2.45) is 0 Å². The van der Waals surface area contributed by atoms with Gasteiger partial charge in [-0.3, -0.25) is 0 Å². The van der Waals surface area contributed by atoms with Crippen LogP contribution in [0.2, 0.25) is 0 Å². The van der Waals surface area contributed by atoms with E-state index in [2.05, 4.69) is 35.9 Å². The summed E-state index contributed by atoms with van der Waals surface area (Å²) in [5.41, 5.74) is 0.829. The minimum absolute atomic E-state index is 0.422. The van der Waals surface area contributed by atoms with E-state index >= 15 is 0 Å². The van der Waals surface area contributed by atoms with Crippen LogP contribution in [0.3, 0.4) is 0 Å². The Morgan fingerprint density at radius 1 is 1.29 bits per heavy atom. The highest BCUT2D eigenvalue weighted by Gasteiger charge is 2.13. The number of hydrogen-bond donors (Lipinski definition) is 0. The Balaban J connectivity index is 2.79. The lowest BCUT2D eigenvalue weighted by Gasteiger charge is -2.29. The summed E-state index contributed by atoms with van der Waals surface area (Å²) >= 11 is 5.72. The van der Waals surface area contributed by atoms with Crippen molar-refractivity contribution < 1.29 is 0 Å². The van der Waals surface area contributed by atoms with Gasteiger partial charge in [-0.05, 0) is 31.9 Å². The van der Waals surface area contributed by atoms with Gasteiger partial charge in [0.1, 0.15) is 0 Å². The van der Waals surface area contributed by atoms with E-state index in [0.717, 1.165) is 24.5 Å². The summed E-state index contributed by atoms with van der Waals surface area (Å²) in [6.45, 7) is 7.68. The summed E-state index contributed by atoms with van der Waals surface area (Å²) in [7, 11) is 0. The summed E-state index contributed by atoms with van der Waals surface area (Å²) in [4.78, 5) is 2.33. The van der Waals surface area contributed by atoms with E-state index < -0.39 is 0 Å². The van der Waals surface area contributed by atoms with E-state index in [1.807, 2.05) is 12.1 Å². The maximum atomic E-state index is 5.72. The van der Waals surface area contributed by atoms with Crippen molar-refractivity contribution in [3.63, 3.8) is 0 Å². The lowest BCUT2D eigenvalue weighted by Crippen LogP contribution is -2.34. The van der Waals surface area contributed by atoms with Crippen LogP contribution in [0.25, 0.3) is 0 Å². The Hall–Kier alpha value is -0.830. The molecule has 1 unspecified atom stereocenters. The summed E-state index contributed by atoms with van der Waals surface area (Å²) < 4.78 is 0. The number of nitrogens with zero attached hydrogens (tertiary/aromatic N) is 3. The zero-order chi connectivity index (χ0) is 12.7. The average molecular weight is 256 g/mol. The van der Waals surface area contributed by atoms with Gasteiger partial charge in [-0.15, -0.1) is 16.7 Å². The van der Waals surface area contributed by atoms with E-state index in [4.69, 9.17) is 11.6 Å². The van der Waals surface area contributed by atoms with Gasteiger partial charge in [0.25, 0.3) is 0 Å². The average Bonchev–Trinajstić information content (AvgIpc) is 2.39. The van der Waals surface area contributed by atoms with Gasteiger partial charge in [0, 0.05) is 12.6 Å². The fraction of sp³-hybridized carbons (Fsp3) is 0.692. The quantitative estimate of drug-likeness (QED) is 0.697. The molecule has 96 valence electrons. The van der Waals surface area contributed by atoms with Gasteiger partial charge in [-0.25, -0.2) is 0 Å². The Morgan fingerprint density at radius 3 is 2.53 bits per heavy atom. The maximum Gasteiger partial charge on any atom is 0.151 e. The lowest BCUT2D eigenvalue weighted by atomic mass is 10.2. The summed E-state index contributed by atoms with van der Waals surface area (Å²) in [5.74, 6) is 1.38. The first-order chi connectivity index (χ1) is 8.22. The number of aromatic nitrogens is 2. The molecule has 0 aliphatic heterocycles. The Labute approximate surface area is 109 Å². The van der Waals surface area contributed by atoms with Crippen LogP contribution in [0, 0.1) is 0 Å². The lowest BCUT2D eigenvalue weighted by molar-refractivity contribution is 0.586. The van der Waals surface area contributed by atoms with Crippen molar-refractivity contribution in [2.75, 3.05) is 11.4 Å². The highest BCUT2D eigenvalue weighted by Crippen LogP contribution is 2.16. The van der Waals surface area contributed by atoms with E-state index in [1.165, 1.54) is 12.8 Å². The van der Waals surface area contributed by atoms with E-state index in [0.29, 0.717) is 11.9 Å². The van der Waals surface area contributed by atoms with Crippen molar-refractivity contribution in [1.82, 2.24) is 10.2 Å². The molecule has 17 heavy (non-hydrogen) atoms. The molecule has 0 aliphatic rings. The predicted octanol–water partition coefficient (Wildman–Crippen LogP) is 3.62. The molecule has 0 saturated heterocycles. The minimum atomic E-state index is 0.422. The van der Waals surface area contributed by atoms with Crippen LogP contribution in [0.1, 0.15) is 45.7 Å². The molecule has 0 spiro atoms. The fourth-order valence-corrected chi connectivity index (χ4v) is 1.83. The number of alkyl halides is 1. The van der Waals surface area contributed by atoms with Crippen molar-refractivity contribution in [3.05, 3.63) is 17.8 Å². The van der Waals surface area contributed by atoms with Crippen LogP contribution in [0.4, 0.5) is 5.82 Å². The molecule has 0 fully saturated rings. The molecule has 0 aliphatic carbocycles. The van der Waals surface area contributed by atoms with Crippen LogP contribution in [0.5, 0.6) is 0 Å². The topological polar surface area (TPSA) is 29.0 Å². The van der Waals surface area contributed by atoms with Gasteiger partial charge < -0.3 is 4.90 Å². The molecule has 0 bridgehead atoms. The van der Waals surface area contributed by atoms with E-state index in [-0.39, 0.29) is 0 Å². The molecular weight excluding hydrogens is 234 g/mol. The van der Waals surface area contributed by atoms with E-state index in [9.17, 15) is 0 Å². The Morgan fingerprint density at radius 2 is 2.06 bits per heavy atom. The Kier molecular flexibility index (Phi) is 6.27. The van der Waals surface area contributed by atoms with Crippen molar-refractivity contribution in [1.29, 1.82) is 0 Å². The molecule has 1 heterocycles. The molecule has 1 aromatic heterocycles. The summed E-state index contributed by atoms with van der Waals surface area (Å²) in [6.07, 6.45) is 3.49. The fourth-order valence-electron chi connectivity index (χ4n) is 1.69. The SMILES string of the molecule is CCCCN(c1ccc(CCl)nn1)C(C)CC. The Bertz CT molecular complexity index is 313. The van der Waals surface area contributed by atoms with Crippen LogP contribution in [-0.4, -0.2) is 22.8 Å². The first-order valence-corrected chi connectivity index (χ1v) is 6.91. The van der Waals surface area contributed by atoms with Crippen molar-refractivity contribution >= 4 is 17.4 Å². The number of halogens is 1. The highest BCUT2D eigenvalue weighted by atomic mass is 35.5. The molecule has 0 amide bonds. The molecular formula is C13H22ClN3. The van der Waals surface area contributed by atoms with Crippen LogP contribution in [-0.2, 0) is 5.88 Å². The second kappa shape index (κ2) is 7.49. The third-order valence-electron chi connectivity index (χ3n) is 3.01. The molecule has 1 atom stereocenters. The summed E-state index contributed by atoms with van der Waals surface area (Å²) in [6, 6.07) is 4.47. The minimum Gasteiger partial charge on any atom is -0.352 e. The monoisotopic (exact) mass is 255 g/mol. The number of hydrogen-bond acceptors (Lipinski definition) is 3. The van der Waals surface area contributed by atoms with Gasteiger partial charge in [-0.2, -0.15) is 5.10 Å². The molecule has 0 N–H and O–H groups in total. The van der Waals surface area contributed by atoms with Crippen LogP contribution >= 0.6 is 11.6 Å². The second-order valence-electron chi connectivity index (χ2n) is 4.32. The van der Waals surface area contributed by atoms with Crippen molar-refractivity contribution in [3.8, 4) is 0 Å². The van der Waals surface area contributed by atoms with Gasteiger partial charge >= 0.3 is 0 Å². The molecule has 1 rings (SSSR count). The number of rotatable bonds is 7. The second-order valence-corrected chi connectivity index (χ2v) is 4.59. The largest absolute Gasteiger partial charge is 0.352 e. The van der Waals surface area contributed by atoms with Crippen LogP contribution in [0.15, 0.2) is 12.1 Å². The molecule has 0 aromatic carbocycles. The third-order valence-corrected chi connectivity index (χ3v) is 3.29. The molecule has 1 aromatic rings. The highest BCUT2D eigenvalue weighted by molar-refractivity contribution is 6.16. The molecule has 3 nitrogen and oxygen atoms in total. The molecule has 0 radical (unpaired) electrons. The standard InChI is InChI=1S/C13H22ClN3/c1-4-6-9-17(11(3)5-2)13-8-7-12(10-14)15-16-13/h7-8,11H,4-6,9-10H2,1-3H3. The van der Waals surface area contributed by atoms with Gasteiger partial charge in [0.15, 0.2) is 5.82 Å². The molecule has 4 heteroatoms. The van der Waals surface area contributed by atoms with Gasteiger partial charge in [0.05, 0.1) is 11.6 Å². The first-order valence-electron chi connectivity index (χ1n) is 6.38. The van der Waals surface area contributed by atoms with Crippen LogP contribution < -0.4 is 4.90 Å². The predicted molar refractivity (Wildman–Crippen MR) is 73.6 cm³/mol. The van der Waals surface area contributed by atoms with Gasteiger partial charge in [0.2, 0.25) is 0 Å². The molecule has 0 saturated carbocycles. The van der Waals surface area contributed by atoms with Crippen molar-refractivity contribution in [2.45, 2.75) is 52.0 Å². The maximum absolute atomic E-state index is 5.72. The zero-order valence-corrected chi connectivity index (χ0v) is 11.7. The zero-order valence-electron chi connectivity index (χ0n) is 11.0. The smallest absolute Gasteiger partial charge is 0.151 e. The third kappa shape index (κ3) is 4.15. The van der Waals surface area contributed by atoms with Gasteiger partial charge in [-0.1, -0.05) is 20.3 Å². The normalized spacial score (nSPS) is 12.5. The number of unbranched alkanes of at least 4 members (excludes halogenated alkanes) is 1. The summed E-state index contributed by atoms with van der Waals surface area (Å²) in [5, 5.41) is 8.38. The number of anilines is 1.